The molecule has 0 aromatic carbocycles. The molecule has 0 saturated carbocycles. The maximum atomic E-state index is 12.4. The summed E-state index contributed by atoms with van der Waals surface area (Å²) in [7, 11) is 0. The Bertz CT molecular complexity index is 983. The summed E-state index contributed by atoms with van der Waals surface area (Å²) < 4.78 is 0. The normalized spacial score (nSPS) is 17.9. The monoisotopic (exact) mass is 665 g/mol. The van der Waals surface area contributed by atoms with Gasteiger partial charge >= 0.3 is 23.9 Å². The average molecular weight is 666 g/mol. The van der Waals surface area contributed by atoms with E-state index in [1.54, 1.807) is 24.1 Å². The Morgan fingerprint density at radius 3 is 1.67 bits per heavy atom. The third-order valence-corrected chi connectivity index (χ3v) is 9.97. The number of rotatable bonds is 25. The molecule has 0 fully saturated rings. The summed E-state index contributed by atoms with van der Waals surface area (Å²) in [6.45, 7) is 1.84. The quantitative estimate of drug-likeness (QED) is 0.0419. The van der Waals surface area contributed by atoms with E-state index in [1.807, 2.05) is 19.4 Å². The van der Waals surface area contributed by atoms with Crippen molar-refractivity contribution in [3.8, 4) is 0 Å². The number of aliphatic carboxylic acids is 4. The Morgan fingerprint density at radius 2 is 1.21 bits per heavy atom. The molecule has 10 N–H and O–H groups in total. The summed E-state index contributed by atoms with van der Waals surface area (Å²) >= 11 is 4.41. The number of carbonyl (C=O) groups is 4. The molecule has 0 aliphatic rings. The van der Waals surface area contributed by atoms with Gasteiger partial charge in [-0.05, 0) is 92.0 Å². The molecule has 43 heavy (non-hydrogen) atoms. The smallest absolute Gasteiger partial charge is 0.328 e. The molecule has 0 aliphatic carbocycles. The summed E-state index contributed by atoms with van der Waals surface area (Å²) in [6, 6.07) is 0. The number of allylic oxidation sites excluding steroid dienone is 1. The number of carboxylic acid groups (broad SMARTS) is 4. The van der Waals surface area contributed by atoms with Crippen LogP contribution in [0.15, 0.2) is 23.8 Å². The molecular formula is C29H51N3O8S3. The Balaban J connectivity index is 5.88. The SMILES string of the molecule is CSCCC(N)(C(=O)O)C(/C=C/CC(CCCCCC(C)C(N)(CCSC)C(=O)O)C(N)(CCSC)C(=O)O)=C/C(=O)O. The maximum absolute atomic E-state index is 12.4. The molecule has 0 aromatic heterocycles. The van der Waals surface area contributed by atoms with Gasteiger partial charge in [-0.25, -0.2) is 9.59 Å². The molecule has 0 amide bonds. The van der Waals surface area contributed by atoms with Gasteiger partial charge in [0.05, 0.1) is 0 Å². The Labute approximate surface area is 268 Å². The van der Waals surface area contributed by atoms with Gasteiger partial charge in [-0.1, -0.05) is 38.3 Å². The average Bonchev–Trinajstić information content (AvgIpc) is 2.94. The van der Waals surface area contributed by atoms with Crippen LogP contribution in [0.1, 0.15) is 64.7 Å². The molecule has 0 spiro atoms. The highest BCUT2D eigenvalue weighted by molar-refractivity contribution is 7.98. The predicted molar refractivity (Wildman–Crippen MR) is 178 cm³/mol. The predicted octanol–water partition coefficient (Wildman–Crippen LogP) is 3.75. The van der Waals surface area contributed by atoms with Crippen LogP contribution < -0.4 is 17.2 Å². The van der Waals surface area contributed by atoms with E-state index in [-0.39, 0.29) is 30.8 Å². The van der Waals surface area contributed by atoms with Crippen molar-refractivity contribution in [1.82, 2.24) is 0 Å². The first-order chi connectivity index (χ1) is 20.1. The highest BCUT2D eigenvalue weighted by Gasteiger charge is 2.42. The summed E-state index contributed by atoms with van der Waals surface area (Å²) in [5.41, 5.74) is 14.1. The van der Waals surface area contributed by atoms with Crippen molar-refractivity contribution in [3.05, 3.63) is 23.8 Å². The summed E-state index contributed by atoms with van der Waals surface area (Å²) in [4.78, 5) is 47.9. The summed E-state index contributed by atoms with van der Waals surface area (Å²) in [6.07, 6.45) is 13.1. The second-order valence-electron chi connectivity index (χ2n) is 11.0. The van der Waals surface area contributed by atoms with Gasteiger partial charge < -0.3 is 37.6 Å². The minimum Gasteiger partial charge on any atom is -0.480 e. The number of carboxylic acids is 4. The van der Waals surface area contributed by atoms with Crippen molar-refractivity contribution in [2.75, 3.05) is 36.0 Å². The van der Waals surface area contributed by atoms with Crippen molar-refractivity contribution in [2.45, 2.75) is 81.3 Å². The number of hydrogen-bond donors (Lipinski definition) is 7. The number of unbranched alkanes of at least 4 members (excludes halogenated alkanes) is 2. The van der Waals surface area contributed by atoms with Crippen LogP contribution in [0.25, 0.3) is 0 Å². The van der Waals surface area contributed by atoms with Gasteiger partial charge in [0.1, 0.15) is 16.6 Å². The minimum absolute atomic E-state index is 0.00171. The first-order valence-corrected chi connectivity index (χ1v) is 18.4. The zero-order valence-corrected chi connectivity index (χ0v) is 28.2. The van der Waals surface area contributed by atoms with E-state index in [0.717, 1.165) is 6.08 Å². The number of nitrogens with two attached hydrogens (primary N) is 3. The lowest BCUT2D eigenvalue weighted by Crippen LogP contribution is -2.54. The molecule has 0 radical (unpaired) electrons. The molecule has 0 saturated heterocycles. The summed E-state index contributed by atoms with van der Waals surface area (Å²) in [5.74, 6) is -4.09. The van der Waals surface area contributed by atoms with E-state index in [4.69, 9.17) is 17.2 Å². The highest BCUT2D eigenvalue weighted by Crippen LogP contribution is 2.32. The molecular weight excluding hydrogens is 615 g/mol. The fourth-order valence-corrected chi connectivity index (χ4v) is 6.52. The molecule has 5 unspecified atom stereocenters. The standard InChI is InChI=1S/C29H51N3O8S3/c1-20(27(30,24(35)36)13-16-41-2)9-6-5-7-10-21(28(31,25(37)38)14-17-42-3)11-8-12-22(19-23(33)34)29(32,26(39)40)15-18-43-4/h8,12,19-21H,5-7,9-11,13-18,30-32H2,1-4H3,(H,33,34)(H,35,36)(H,37,38)(H,39,40)/b12-8+,22-19+. The van der Waals surface area contributed by atoms with Crippen LogP contribution in [0, 0.1) is 11.8 Å². The third kappa shape index (κ3) is 13.0. The highest BCUT2D eigenvalue weighted by atomic mass is 32.2. The van der Waals surface area contributed by atoms with Crippen LogP contribution in [-0.4, -0.2) is 96.9 Å². The molecule has 5 atom stereocenters. The first kappa shape index (κ1) is 41.3. The van der Waals surface area contributed by atoms with Crippen LogP contribution in [-0.2, 0) is 19.2 Å². The van der Waals surface area contributed by atoms with Gasteiger partial charge in [0.2, 0.25) is 0 Å². The van der Waals surface area contributed by atoms with E-state index in [1.165, 1.54) is 29.6 Å². The fourth-order valence-electron chi connectivity index (χ4n) is 4.91. The van der Waals surface area contributed by atoms with E-state index >= 15 is 0 Å². The van der Waals surface area contributed by atoms with Gasteiger partial charge in [-0.15, -0.1) is 0 Å². The van der Waals surface area contributed by atoms with Crippen LogP contribution in [0.3, 0.4) is 0 Å². The van der Waals surface area contributed by atoms with E-state index in [9.17, 15) is 39.6 Å². The van der Waals surface area contributed by atoms with E-state index in [2.05, 4.69) is 0 Å². The minimum atomic E-state index is -1.93. The molecule has 0 heterocycles. The summed E-state index contributed by atoms with van der Waals surface area (Å²) in [5, 5.41) is 39.1. The first-order valence-electron chi connectivity index (χ1n) is 14.2. The van der Waals surface area contributed by atoms with Gasteiger partial charge in [-0.2, -0.15) is 35.3 Å². The second-order valence-corrected chi connectivity index (χ2v) is 14.0. The maximum Gasteiger partial charge on any atom is 0.328 e. The van der Waals surface area contributed by atoms with E-state index < -0.39 is 46.4 Å². The Hall–Kier alpha value is -1.71. The van der Waals surface area contributed by atoms with Gasteiger partial charge in [0.25, 0.3) is 0 Å². The van der Waals surface area contributed by atoms with Crippen molar-refractivity contribution in [2.24, 2.45) is 29.0 Å². The zero-order valence-electron chi connectivity index (χ0n) is 25.8. The molecule has 0 aliphatic heterocycles. The van der Waals surface area contributed by atoms with Crippen molar-refractivity contribution in [1.29, 1.82) is 0 Å². The van der Waals surface area contributed by atoms with Crippen molar-refractivity contribution < 1.29 is 39.6 Å². The largest absolute Gasteiger partial charge is 0.480 e. The Morgan fingerprint density at radius 1 is 0.721 bits per heavy atom. The number of hydrogen-bond acceptors (Lipinski definition) is 10. The van der Waals surface area contributed by atoms with Crippen LogP contribution in [0.5, 0.6) is 0 Å². The van der Waals surface area contributed by atoms with Crippen LogP contribution in [0.2, 0.25) is 0 Å². The van der Waals surface area contributed by atoms with Crippen LogP contribution in [0.4, 0.5) is 0 Å². The van der Waals surface area contributed by atoms with Gasteiger partial charge in [0, 0.05) is 6.08 Å². The Kier molecular flexibility index (Phi) is 19.5. The van der Waals surface area contributed by atoms with Crippen LogP contribution >= 0.6 is 35.3 Å². The van der Waals surface area contributed by atoms with E-state index in [0.29, 0.717) is 55.8 Å². The molecule has 11 nitrogen and oxygen atoms in total. The van der Waals surface area contributed by atoms with Crippen molar-refractivity contribution in [3.63, 3.8) is 0 Å². The molecule has 14 heteroatoms. The lowest BCUT2D eigenvalue weighted by atomic mass is 9.76. The molecule has 0 aromatic rings. The molecule has 248 valence electrons. The molecule has 0 rings (SSSR count). The van der Waals surface area contributed by atoms with Crippen molar-refractivity contribution >= 4 is 59.2 Å². The third-order valence-electron chi connectivity index (χ3n) is 8.13. The zero-order chi connectivity index (χ0) is 33.3. The number of thioether (sulfide) groups is 3. The fraction of sp³-hybridized carbons (Fsp3) is 0.724. The topological polar surface area (TPSA) is 227 Å². The van der Waals surface area contributed by atoms with Gasteiger partial charge in [0.15, 0.2) is 0 Å². The van der Waals surface area contributed by atoms with Gasteiger partial charge in [-0.3, -0.25) is 9.59 Å². The molecule has 0 bridgehead atoms. The lowest BCUT2D eigenvalue weighted by Gasteiger charge is -2.34. The second kappa shape index (κ2) is 20.3. The lowest BCUT2D eigenvalue weighted by molar-refractivity contribution is -0.146.